The number of nitrogens with one attached hydrogen (secondary N) is 1. The number of carbonyl (C=O) groups is 2. The van der Waals surface area contributed by atoms with Crippen LogP contribution in [0.2, 0.25) is 0 Å². The summed E-state index contributed by atoms with van der Waals surface area (Å²) in [5.74, 6) is -0.116. The van der Waals surface area contributed by atoms with E-state index in [4.69, 9.17) is 0 Å². The third kappa shape index (κ3) is 3.47. The summed E-state index contributed by atoms with van der Waals surface area (Å²) >= 11 is 0. The molecule has 0 aromatic heterocycles. The van der Waals surface area contributed by atoms with Gasteiger partial charge >= 0.3 is 0 Å². The molecule has 2 amide bonds. The number of amides is 2. The van der Waals surface area contributed by atoms with Crippen LogP contribution in [0.1, 0.15) is 40.7 Å². The van der Waals surface area contributed by atoms with Crippen molar-refractivity contribution in [2.75, 3.05) is 16.8 Å². The normalized spacial score (nSPS) is 15.7. The van der Waals surface area contributed by atoms with Crippen molar-refractivity contribution < 1.29 is 14.5 Å². The van der Waals surface area contributed by atoms with Crippen molar-refractivity contribution in [2.45, 2.75) is 32.6 Å². The van der Waals surface area contributed by atoms with Gasteiger partial charge in [0.15, 0.2) is 0 Å². The lowest BCUT2D eigenvalue weighted by molar-refractivity contribution is -0.385. The van der Waals surface area contributed by atoms with E-state index in [0.29, 0.717) is 17.8 Å². The van der Waals surface area contributed by atoms with Crippen molar-refractivity contribution in [3.63, 3.8) is 0 Å². The number of carbonyl (C=O) groups excluding carboxylic acids is 2. The number of nitrogens with zero attached hydrogens (tertiary/aromatic N) is 2. The van der Waals surface area contributed by atoms with Crippen LogP contribution in [0.5, 0.6) is 0 Å². The standard InChI is InChI=1S/C21H21N3O4/c1-13-4-5-16(11-18(13)24(27)28)20(25)22-17-9-8-14-3-2-10-23(19(14)12-17)21(26)15-6-7-15/h4-5,8-9,11-12,15H,2-3,6-7,10H2,1H3,(H,22,25). The summed E-state index contributed by atoms with van der Waals surface area (Å²) < 4.78 is 0. The summed E-state index contributed by atoms with van der Waals surface area (Å²) in [6.07, 6.45) is 3.74. The third-order valence-electron chi connectivity index (χ3n) is 5.32. The molecule has 2 aromatic rings. The smallest absolute Gasteiger partial charge is 0.273 e. The minimum atomic E-state index is -0.494. The number of hydrogen-bond acceptors (Lipinski definition) is 4. The van der Waals surface area contributed by atoms with Crippen molar-refractivity contribution in [1.82, 2.24) is 0 Å². The first-order valence-electron chi connectivity index (χ1n) is 9.45. The Morgan fingerprint density at radius 2 is 1.96 bits per heavy atom. The molecule has 2 aromatic carbocycles. The minimum Gasteiger partial charge on any atom is -0.322 e. The van der Waals surface area contributed by atoms with E-state index in [1.807, 2.05) is 23.1 Å². The summed E-state index contributed by atoms with van der Waals surface area (Å²) in [4.78, 5) is 37.6. The van der Waals surface area contributed by atoms with Crippen LogP contribution in [0.4, 0.5) is 17.1 Å². The first-order chi connectivity index (χ1) is 13.4. The zero-order chi connectivity index (χ0) is 19.8. The number of aryl methyl sites for hydroxylation is 2. The number of rotatable bonds is 4. The van der Waals surface area contributed by atoms with Gasteiger partial charge in [0.05, 0.1) is 4.92 Å². The van der Waals surface area contributed by atoms with Gasteiger partial charge in [-0.2, -0.15) is 0 Å². The monoisotopic (exact) mass is 379 g/mol. The summed E-state index contributed by atoms with van der Waals surface area (Å²) in [6, 6.07) is 10.00. The molecule has 0 radical (unpaired) electrons. The highest BCUT2D eigenvalue weighted by Gasteiger charge is 2.35. The molecule has 2 aliphatic rings. The SMILES string of the molecule is Cc1ccc(C(=O)Nc2ccc3c(c2)N(C(=O)C2CC2)CCC3)cc1[N+](=O)[O-]. The van der Waals surface area contributed by atoms with Crippen LogP contribution in [0.15, 0.2) is 36.4 Å². The molecule has 1 aliphatic carbocycles. The van der Waals surface area contributed by atoms with Gasteiger partial charge in [-0.15, -0.1) is 0 Å². The molecule has 0 bridgehead atoms. The molecule has 1 aliphatic heterocycles. The molecule has 7 heteroatoms. The van der Waals surface area contributed by atoms with E-state index < -0.39 is 10.8 Å². The molecule has 144 valence electrons. The summed E-state index contributed by atoms with van der Waals surface area (Å²) in [6.45, 7) is 2.33. The van der Waals surface area contributed by atoms with Crippen molar-refractivity contribution in [2.24, 2.45) is 5.92 Å². The Balaban J connectivity index is 1.58. The second-order valence-electron chi connectivity index (χ2n) is 7.42. The lowest BCUT2D eigenvalue weighted by Gasteiger charge is -2.30. The molecule has 4 rings (SSSR count). The Hall–Kier alpha value is -3.22. The second-order valence-corrected chi connectivity index (χ2v) is 7.42. The second kappa shape index (κ2) is 7.07. The lowest BCUT2D eigenvalue weighted by atomic mass is 10.0. The van der Waals surface area contributed by atoms with Crippen LogP contribution < -0.4 is 10.2 Å². The highest BCUT2D eigenvalue weighted by atomic mass is 16.6. The highest BCUT2D eigenvalue weighted by Crippen LogP contribution is 2.37. The number of anilines is 2. The number of nitro groups is 1. The van der Waals surface area contributed by atoms with Crippen LogP contribution in [-0.2, 0) is 11.2 Å². The zero-order valence-corrected chi connectivity index (χ0v) is 15.6. The Kier molecular flexibility index (Phi) is 4.58. The molecule has 1 saturated carbocycles. The largest absolute Gasteiger partial charge is 0.322 e. The van der Waals surface area contributed by atoms with Gasteiger partial charge in [-0.3, -0.25) is 19.7 Å². The molecule has 1 N–H and O–H groups in total. The molecular weight excluding hydrogens is 358 g/mol. The van der Waals surface area contributed by atoms with Crippen molar-refractivity contribution in [3.05, 3.63) is 63.2 Å². The number of hydrogen-bond donors (Lipinski definition) is 1. The van der Waals surface area contributed by atoms with Gasteiger partial charge in [0.2, 0.25) is 5.91 Å². The van der Waals surface area contributed by atoms with E-state index in [-0.39, 0.29) is 23.1 Å². The average Bonchev–Trinajstić information content (AvgIpc) is 3.52. The summed E-state index contributed by atoms with van der Waals surface area (Å²) in [5, 5.41) is 13.9. The third-order valence-corrected chi connectivity index (χ3v) is 5.32. The molecular formula is C21H21N3O4. The van der Waals surface area contributed by atoms with E-state index in [0.717, 1.165) is 36.9 Å². The van der Waals surface area contributed by atoms with E-state index in [1.54, 1.807) is 19.1 Å². The first kappa shape index (κ1) is 18.2. The summed E-state index contributed by atoms with van der Waals surface area (Å²) in [5.41, 5.74) is 3.17. The zero-order valence-electron chi connectivity index (χ0n) is 15.6. The molecule has 0 unspecified atom stereocenters. The Bertz CT molecular complexity index is 982. The Labute approximate surface area is 162 Å². The van der Waals surface area contributed by atoms with Gasteiger partial charge in [0, 0.05) is 41.0 Å². The van der Waals surface area contributed by atoms with Gasteiger partial charge in [0.25, 0.3) is 11.6 Å². The fraction of sp³-hybridized carbons (Fsp3) is 0.333. The quantitative estimate of drug-likeness (QED) is 0.645. The minimum absolute atomic E-state index is 0.0840. The highest BCUT2D eigenvalue weighted by molar-refractivity contribution is 6.05. The van der Waals surface area contributed by atoms with Crippen LogP contribution in [-0.4, -0.2) is 23.3 Å². The van der Waals surface area contributed by atoms with Crippen molar-refractivity contribution >= 4 is 28.9 Å². The van der Waals surface area contributed by atoms with Gasteiger partial charge in [0.1, 0.15) is 0 Å². The van der Waals surface area contributed by atoms with E-state index in [1.165, 1.54) is 6.07 Å². The van der Waals surface area contributed by atoms with Crippen LogP contribution in [0.25, 0.3) is 0 Å². The first-order valence-corrected chi connectivity index (χ1v) is 9.45. The molecule has 0 saturated heterocycles. The predicted octanol–water partition coefficient (Wildman–Crippen LogP) is 3.84. The molecule has 1 heterocycles. The fourth-order valence-electron chi connectivity index (χ4n) is 3.58. The maximum absolute atomic E-state index is 12.6. The Morgan fingerprint density at radius 1 is 1.18 bits per heavy atom. The fourth-order valence-corrected chi connectivity index (χ4v) is 3.58. The van der Waals surface area contributed by atoms with Crippen molar-refractivity contribution in [3.8, 4) is 0 Å². The molecule has 0 spiro atoms. The maximum Gasteiger partial charge on any atom is 0.273 e. The number of benzene rings is 2. The Morgan fingerprint density at radius 3 is 2.68 bits per heavy atom. The topological polar surface area (TPSA) is 92.6 Å². The van der Waals surface area contributed by atoms with Crippen molar-refractivity contribution in [1.29, 1.82) is 0 Å². The number of nitro benzene ring substituents is 1. The molecule has 0 atom stereocenters. The van der Waals surface area contributed by atoms with Crippen LogP contribution in [0.3, 0.4) is 0 Å². The van der Waals surface area contributed by atoms with Gasteiger partial charge in [-0.05, 0) is 56.4 Å². The summed E-state index contributed by atoms with van der Waals surface area (Å²) in [7, 11) is 0. The van der Waals surface area contributed by atoms with Gasteiger partial charge in [-0.1, -0.05) is 12.1 Å². The molecule has 7 nitrogen and oxygen atoms in total. The maximum atomic E-state index is 12.6. The lowest BCUT2D eigenvalue weighted by Crippen LogP contribution is -2.36. The van der Waals surface area contributed by atoms with E-state index >= 15 is 0 Å². The van der Waals surface area contributed by atoms with Crippen LogP contribution in [0, 0.1) is 23.0 Å². The van der Waals surface area contributed by atoms with Gasteiger partial charge < -0.3 is 10.2 Å². The number of fused-ring (bicyclic) bond motifs is 1. The van der Waals surface area contributed by atoms with E-state index in [2.05, 4.69) is 5.32 Å². The molecule has 1 fully saturated rings. The molecule has 28 heavy (non-hydrogen) atoms. The average molecular weight is 379 g/mol. The van der Waals surface area contributed by atoms with Gasteiger partial charge in [-0.25, -0.2) is 0 Å². The van der Waals surface area contributed by atoms with E-state index in [9.17, 15) is 19.7 Å². The predicted molar refractivity (Wildman–Crippen MR) is 106 cm³/mol. The van der Waals surface area contributed by atoms with Crippen LogP contribution >= 0.6 is 0 Å².